The lowest BCUT2D eigenvalue weighted by Gasteiger charge is -2.11. The van der Waals surface area contributed by atoms with Gasteiger partial charge in [0.15, 0.2) is 0 Å². The van der Waals surface area contributed by atoms with E-state index in [1.54, 1.807) is 6.07 Å². The van der Waals surface area contributed by atoms with Crippen molar-refractivity contribution in [3.63, 3.8) is 0 Å². The number of hydrogen-bond acceptors (Lipinski definition) is 3. The highest BCUT2D eigenvalue weighted by atomic mass is 79.9. The van der Waals surface area contributed by atoms with Crippen molar-refractivity contribution in [2.24, 2.45) is 0 Å². The zero-order valence-electron chi connectivity index (χ0n) is 14.6. The molecule has 2 aromatic heterocycles. The minimum Gasteiger partial charge on any atom is -0.307 e. The van der Waals surface area contributed by atoms with Crippen LogP contribution in [0, 0.1) is 6.92 Å². The number of hydrogen-bond donors (Lipinski definition) is 1. The Bertz CT molecular complexity index is 1140. The van der Waals surface area contributed by atoms with Crippen LogP contribution in [0.5, 0.6) is 0 Å². The van der Waals surface area contributed by atoms with Crippen molar-refractivity contribution in [1.29, 1.82) is 0 Å². The second-order valence-corrected chi connectivity index (χ2v) is 7.11. The lowest BCUT2D eigenvalue weighted by atomic mass is 10.0. The van der Waals surface area contributed by atoms with Gasteiger partial charge in [0.25, 0.3) is 5.91 Å². The summed E-state index contributed by atoms with van der Waals surface area (Å²) in [4.78, 5) is 22.1. The summed E-state index contributed by atoms with van der Waals surface area (Å²) in [5.74, 6) is 0.330. The minimum atomic E-state index is -0.204. The van der Waals surface area contributed by atoms with E-state index in [4.69, 9.17) is 4.98 Å². The summed E-state index contributed by atoms with van der Waals surface area (Å²) < 4.78 is 0.996. The van der Waals surface area contributed by atoms with E-state index in [2.05, 4.69) is 26.2 Å². The number of benzene rings is 2. The predicted molar refractivity (Wildman–Crippen MR) is 112 cm³/mol. The highest BCUT2D eigenvalue weighted by molar-refractivity contribution is 9.10. The number of fused-ring (bicyclic) bond motifs is 1. The molecular formula is C22H16BrN3O. The molecule has 1 N–H and O–H groups in total. The highest BCUT2D eigenvalue weighted by Crippen LogP contribution is 2.26. The van der Waals surface area contributed by atoms with Crippen LogP contribution in [0.4, 0.5) is 5.82 Å². The van der Waals surface area contributed by atoms with E-state index < -0.39 is 0 Å². The molecule has 0 fully saturated rings. The summed E-state index contributed by atoms with van der Waals surface area (Å²) in [6.07, 6.45) is 0. The lowest BCUT2D eigenvalue weighted by molar-refractivity contribution is 0.102. The molecule has 0 aliphatic carbocycles. The molecule has 1 amide bonds. The molecule has 0 unspecified atom stereocenters. The molecule has 0 spiro atoms. The lowest BCUT2D eigenvalue weighted by Crippen LogP contribution is -2.14. The summed E-state index contributed by atoms with van der Waals surface area (Å²) in [7, 11) is 0. The van der Waals surface area contributed by atoms with Crippen LogP contribution in [0.2, 0.25) is 0 Å². The Morgan fingerprint density at radius 2 is 1.70 bits per heavy atom. The zero-order valence-corrected chi connectivity index (χ0v) is 16.2. The molecule has 5 heteroatoms. The number of pyridine rings is 2. The number of aromatic nitrogens is 2. The van der Waals surface area contributed by atoms with E-state index in [0.717, 1.165) is 32.3 Å². The molecule has 4 aromatic rings. The van der Waals surface area contributed by atoms with Gasteiger partial charge < -0.3 is 5.32 Å². The minimum absolute atomic E-state index is 0.204. The maximum atomic E-state index is 13.0. The quantitative estimate of drug-likeness (QED) is 0.470. The van der Waals surface area contributed by atoms with Crippen molar-refractivity contribution in [2.75, 3.05) is 5.32 Å². The summed E-state index contributed by atoms with van der Waals surface area (Å²) in [6, 6.07) is 22.9. The highest BCUT2D eigenvalue weighted by Gasteiger charge is 2.14. The number of rotatable bonds is 3. The molecule has 2 aromatic carbocycles. The molecule has 132 valence electrons. The molecule has 0 saturated heterocycles. The number of anilines is 1. The van der Waals surface area contributed by atoms with E-state index in [-0.39, 0.29) is 5.91 Å². The Balaban J connectivity index is 1.80. The number of nitrogens with one attached hydrogen (secondary N) is 1. The van der Waals surface area contributed by atoms with Gasteiger partial charge in [0.05, 0.1) is 16.8 Å². The van der Waals surface area contributed by atoms with E-state index in [1.807, 2.05) is 73.7 Å². The van der Waals surface area contributed by atoms with Crippen molar-refractivity contribution >= 4 is 38.6 Å². The number of aryl methyl sites for hydroxylation is 1. The van der Waals surface area contributed by atoms with Crippen molar-refractivity contribution in [1.82, 2.24) is 9.97 Å². The maximum absolute atomic E-state index is 13.0. The van der Waals surface area contributed by atoms with Crippen LogP contribution in [0.3, 0.4) is 0 Å². The first-order valence-corrected chi connectivity index (χ1v) is 9.30. The predicted octanol–water partition coefficient (Wildman–Crippen LogP) is 5.62. The SMILES string of the molecule is Cc1cccc(NC(=O)c2cc(-c3ccc(Br)cc3)nc3ccccc23)n1. The van der Waals surface area contributed by atoms with Crippen molar-refractivity contribution < 1.29 is 4.79 Å². The third kappa shape index (κ3) is 3.73. The molecule has 0 aliphatic heterocycles. The van der Waals surface area contributed by atoms with Gasteiger partial charge in [0.2, 0.25) is 0 Å². The van der Waals surface area contributed by atoms with Gasteiger partial charge in [-0.1, -0.05) is 52.3 Å². The number of halogens is 1. The Labute approximate surface area is 165 Å². The summed E-state index contributed by atoms with van der Waals surface area (Å²) in [5, 5.41) is 3.70. The fourth-order valence-electron chi connectivity index (χ4n) is 2.93. The summed E-state index contributed by atoms with van der Waals surface area (Å²) in [5.41, 5.74) is 3.90. The number of carbonyl (C=O) groups excluding carboxylic acids is 1. The van der Waals surface area contributed by atoms with Crippen LogP contribution in [0.15, 0.2) is 77.3 Å². The van der Waals surface area contributed by atoms with Gasteiger partial charge in [-0.2, -0.15) is 0 Å². The molecule has 0 atom stereocenters. The Morgan fingerprint density at radius 3 is 2.48 bits per heavy atom. The van der Waals surface area contributed by atoms with E-state index >= 15 is 0 Å². The number of carbonyl (C=O) groups is 1. The van der Waals surface area contributed by atoms with Gasteiger partial charge in [-0.05, 0) is 43.3 Å². The Hall–Kier alpha value is -3.05. The second kappa shape index (κ2) is 7.29. The van der Waals surface area contributed by atoms with Crippen LogP contribution < -0.4 is 5.32 Å². The third-order valence-electron chi connectivity index (χ3n) is 4.23. The normalized spacial score (nSPS) is 10.7. The van der Waals surface area contributed by atoms with Crippen LogP contribution >= 0.6 is 15.9 Å². The first-order valence-electron chi connectivity index (χ1n) is 8.51. The molecule has 2 heterocycles. The molecule has 27 heavy (non-hydrogen) atoms. The summed E-state index contributed by atoms with van der Waals surface area (Å²) >= 11 is 3.45. The van der Waals surface area contributed by atoms with Gasteiger partial charge in [-0.3, -0.25) is 4.79 Å². The van der Waals surface area contributed by atoms with Gasteiger partial charge in [-0.15, -0.1) is 0 Å². The fraction of sp³-hybridized carbons (Fsp3) is 0.0455. The smallest absolute Gasteiger partial charge is 0.257 e. The van der Waals surface area contributed by atoms with Crippen molar-refractivity contribution in [2.45, 2.75) is 6.92 Å². The van der Waals surface area contributed by atoms with Crippen molar-refractivity contribution in [3.8, 4) is 11.3 Å². The third-order valence-corrected chi connectivity index (χ3v) is 4.76. The van der Waals surface area contributed by atoms with Gasteiger partial charge in [0.1, 0.15) is 5.82 Å². The Kier molecular flexibility index (Phi) is 4.69. The van der Waals surface area contributed by atoms with Crippen LogP contribution in [0.25, 0.3) is 22.2 Å². The standard InChI is InChI=1S/C22H16BrN3O/c1-14-5-4-8-21(24-14)26-22(27)18-13-20(15-9-11-16(23)12-10-15)25-19-7-3-2-6-17(18)19/h2-13H,1H3,(H,24,26,27). The van der Waals surface area contributed by atoms with Crippen LogP contribution in [-0.2, 0) is 0 Å². The van der Waals surface area contributed by atoms with E-state index in [9.17, 15) is 4.79 Å². The second-order valence-electron chi connectivity index (χ2n) is 6.20. The van der Waals surface area contributed by atoms with Crippen molar-refractivity contribution in [3.05, 3.63) is 88.5 Å². The maximum Gasteiger partial charge on any atom is 0.257 e. The van der Waals surface area contributed by atoms with Gasteiger partial charge in [-0.25, -0.2) is 9.97 Å². The molecule has 0 radical (unpaired) electrons. The average Bonchev–Trinajstić information content (AvgIpc) is 2.67. The average molecular weight is 418 g/mol. The molecule has 0 aliphatic rings. The van der Waals surface area contributed by atoms with Crippen LogP contribution in [0.1, 0.15) is 16.1 Å². The number of nitrogens with zero attached hydrogens (tertiary/aromatic N) is 2. The number of para-hydroxylation sites is 1. The topological polar surface area (TPSA) is 54.9 Å². The fourth-order valence-corrected chi connectivity index (χ4v) is 3.19. The van der Waals surface area contributed by atoms with Gasteiger partial charge >= 0.3 is 0 Å². The largest absolute Gasteiger partial charge is 0.307 e. The first kappa shape index (κ1) is 17.4. The summed E-state index contributed by atoms with van der Waals surface area (Å²) in [6.45, 7) is 1.89. The number of amides is 1. The molecule has 4 rings (SSSR count). The monoisotopic (exact) mass is 417 g/mol. The molecular weight excluding hydrogens is 402 g/mol. The van der Waals surface area contributed by atoms with Crippen LogP contribution in [-0.4, -0.2) is 15.9 Å². The molecule has 0 bridgehead atoms. The first-order chi connectivity index (χ1) is 13.1. The van der Waals surface area contributed by atoms with E-state index in [0.29, 0.717) is 11.4 Å². The van der Waals surface area contributed by atoms with E-state index in [1.165, 1.54) is 0 Å². The molecule has 0 saturated carbocycles. The zero-order chi connectivity index (χ0) is 18.8. The molecule has 4 nitrogen and oxygen atoms in total. The Morgan fingerprint density at radius 1 is 0.926 bits per heavy atom. The van der Waals surface area contributed by atoms with Gasteiger partial charge in [0, 0.05) is 21.1 Å².